The van der Waals surface area contributed by atoms with Crippen molar-refractivity contribution in [2.24, 2.45) is 0 Å². The van der Waals surface area contributed by atoms with E-state index in [4.69, 9.17) is 24.7 Å². The van der Waals surface area contributed by atoms with Crippen molar-refractivity contribution in [2.45, 2.75) is 75.8 Å². The molecule has 5 atom stereocenters. The molecule has 3 aliphatic rings. The first kappa shape index (κ1) is 30.0. The number of fused-ring (bicyclic) bond motifs is 1. The molecule has 3 aromatic heterocycles. The van der Waals surface area contributed by atoms with Gasteiger partial charge in [0.15, 0.2) is 0 Å². The Kier molecular flexibility index (Phi) is 7.85. The predicted octanol–water partition coefficient (Wildman–Crippen LogP) is 1.81. The lowest BCUT2D eigenvalue weighted by atomic mass is 9.70. The fourth-order valence-electron chi connectivity index (χ4n) is 6.58. The van der Waals surface area contributed by atoms with Crippen molar-refractivity contribution in [3.8, 4) is 23.7 Å². The molecule has 2 aliphatic heterocycles. The van der Waals surface area contributed by atoms with Crippen LogP contribution in [0.4, 0.5) is 16.2 Å². The lowest BCUT2D eigenvalue weighted by molar-refractivity contribution is -0.0123. The molecule has 15 heteroatoms. The van der Waals surface area contributed by atoms with E-state index in [9.17, 15) is 14.8 Å². The van der Waals surface area contributed by atoms with Crippen LogP contribution in [0.5, 0.6) is 6.01 Å². The molecule has 0 aromatic carbocycles. The number of halogens is 1. The molecule has 6 rings (SSSR count). The van der Waals surface area contributed by atoms with Gasteiger partial charge in [-0.25, -0.2) is 9.37 Å². The maximum absolute atomic E-state index is 14.1. The van der Waals surface area contributed by atoms with Gasteiger partial charge in [-0.2, -0.15) is 25.2 Å². The molecule has 44 heavy (non-hydrogen) atoms. The highest BCUT2D eigenvalue weighted by Crippen LogP contribution is 2.44. The summed E-state index contributed by atoms with van der Waals surface area (Å²) in [5.74, 6) is 0.906. The second kappa shape index (κ2) is 11.5. The second-order valence-corrected chi connectivity index (χ2v) is 12.5. The van der Waals surface area contributed by atoms with E-state index >= 15 is 0 Å². The van der Waals surface area contributed by atoms with E-state index in [1.165, 1.54) is 0 Å². The summed E-state index contributed by atoms with van der Waals surface area (Å²) in [6.45, 7) is 6.97. The number of likely N-dealkylation sites (tertiary alicyclic amines) is 1. The molecular weight excluding hydrogens is 571 g/mol. The van der Waals surface area contributed by atoms with Gasteiger partial charge in [-0.15, -0.1) is 0 Å². The van der Waals surface area contributed by atoms with Gasteiger partial charge in [-0.1, -0.05) is 5.16 Å². The van der Waals surface area contributed by atoms with E-state index in [2.05, 4.69) is 31.2 Å². The first-order valence-electron chi connectivity index (χ1n) is 14.8. The lowest BCUT2D eigenvalue weighted by Crippen LogP contribution is -2.42. The monoisotopic (exact) mass is 608 g/mol. The predicted molar refractivity (Wildman–Crippen MR) is 156 cm³/mol. The van der Waals surface area contributed by atoms with Gasteiger partial charge in [0, 0.05) is 25.3 Å². The minimum absolute atomic E-state index is 0.0178. The summed E-state index contributed by atoms with van der Waals surface area (Å²) in [6.07, 6.45) is 2.92. The number of anilines is 2. The number of nitrogens with zero attached hydrogens (tertiary/aromatic N) is 9. The largest absolute Gasteiger partial charge is 0.459 e. The van der Waals surface area contributed by atoms with Crippen LogP contribution in [0.25, 0.3) is 11.6 Å². The van der Waals surface area contributed by atoms with Gasteiger partial charge in [0.25, 0.3) is 0 Å². The molecule has 2 saturated heterocycles. The second-order valence-electron chi connectivity index (χ2n) is 12.5. The highest BCUT2D eigenvalue weighted by atomic mass is 19.1. The molecule has 1 aliphatic carbocycles. The molecule has 0 saturated carbocycles. The standard InChI is InChI=1S/C29H37FN10O4/c1-16(20-10-18(30)13-39(20)4)43-27-36-23(35-26(37-27)40-8-9-42-15-28(2,41)14-40)24-34-25(44-38-24)29(3)7-5-6-17-12-33-22(32)19(11-31)21(17)29/h12,16,18,20,41H,5-10,13-15H2,1-4H3,(H2,32,33)/t16-,18+,20-,28+,29-/m0/s1. The van der Waals surface area contributed by atoms with Crippen molar-refractivity contribution in [2.75, 3.05) is 50.5 Å². The number of aromatic nitrogens is 6. The van der Waals surface area contributed by atoms with Gasteiger partial charge in [0.2, 0.25) is 23.5 Å². The van der Waals surface area contributed by atoms with Gasteiger partial charge in [-0.3, -0.25) is 4.90 Å². The van der Waals surface area contributed by atoms with Gasteiger partial charge < -0.3 is 29.7 Å². The molecule has 3 N–H and O–H groups in total. The van der Waals surface area contributed by atoms with E-state index in [0.717, 1.165) is 24.0 Å². The Labute approximate surface area is 254 Å². The normalized spacial score (nSPS) is 28.2. The Morgan fingerprint density at radius 2 is 2.07 bits per heavy atom. The van der Waals surface area contributed by atoms with Crippen LogP contribution in [0, 0.1) is 11.3 Å². The number of ether oxygens (including phenoxy) is 2. The third-order valence-electron chi connectivity index (χ3n) is 8.79. The van der Waals surface area contributed by atoms with Crippen LogP contribution in [0.15, 0.2) is 10.7 Å². The molecule has 14 nitrogen and oxygen atoms in total. The lowest BCUT2D eigenvalue weighted by Gasteiger charge is -2.33. The summed E-state index contributed by atoms with van der Waals surface area (Å²) < 4.78 is 31.7. The Morgan fingerprint density at radius 1 is 1.25 bits per heavy atom. The minimum Gasteiger partial charge on any atom is -0.459 e. The Bertz CT molecular complexity index is 1580. The summed E-state index contributed by atoms with van der Waals surface area (Å²) in [4.78, 5) is 26.4. The molecular formula is C29H37FN10O4. The van der Waals surface area contributed by atoms with Crippen LogP contribution < -0.4 is 15.4 Å². The summed E-state index contributed by atoms with van der Waals surface area (Å²) in [5, 5.41) is 25.0. The van der Waals surface area contributed by atoms with E-state index in [1.807, 2.05) is 25.8 Å². The molecule has 2 fully saturated rings. The number of hydrogen-bond donors (Lipinski definition) is 2. The highest BCUT2D eigenvalue weighted by Gasteiger charge is 2.42. The zero-order valence-electron chi connectivity index (χ0n) is 25.3. The highest BCUT2D eigenvalue weighted by molar-refractivity contribution is 5.60. The number of likely N-dealkylation sites (N-methyl/N-ethyl adjacent to an activating group) is 1. The fourth-order valence-corrected chi connectivity index (χ4v) is 6.58. The Balaban J connectivity index is 1.39. The molecule has 0 unspecified atom stereocenters. The quantitative estimate of drug-likeness (QED) is 0.413. The topological polar surface area (TPSA) is 185 Å². The van der Waals surface area contributed by atoms with Crippen LogP contribution in [0.2, 0.25) is 0 Å². The van der Waals surface area contributed by atoms with Crippen LogP contribution in [0.1, 0.15) is 62.6 Å². The molecule has 0 bridgehead atoms. The summed E-state index contributed by atoms with van der Waals surface area (Å²) in [5.41, 5.74) is 6.12. The number of alkyl halides is 1. The van der Waals surface area contributed by atoms with Gasteiger partial charge in [0.1, 0.15) is 29.8 Å². The molecule has 0 radical (unpaired) electrons. The maximum atomic E-state index is 14.1. The van der Waals surface area contributed by atoms with Crippen LogP contribution in [-0.2, 0) is 16.6 Å². The number of pyridine rings is 1. The maximum Gasteiger partial charge on any atom is 0.322 e. The molecule has 5 heterocycles. The van der Waals surface area contributed by atoms with Gasteiger partial charge >= 0.3 is 6.01 Å². The van der Waals surface area contributed by atoms with Crippen molar-refractivity contribution >= 4 is 11.8 Å². The van der Waals surface area contributed by atoms with Crippen molar-refractivity contribution in [1.29, 1.82) is 5.26 Å². The van der Waals surface area contributed by atoms with E-state index in [-0.39, 0.29) is 48.6 Å². The van der Waals surface area contributed by atoms with Crippen molar-refractivity contribution in [1.82, 2.24) is 35.0 Å². The number of nitrogen functional groups attached to an aromatic ring is 1. The van der Waals surface area contributed by atoms with Crippen LogP contribution in [-0.4, -0.2) is 104 Å². The Hall–Kier alpha value is -4.00. The third kappa shape index (κ3) is 5.64. The van der Waals surface area contributed by atoms with E-state index < -0.39 is 23.3 Å². The van der Waals surface area contributed by atoms with Crippen molar-refractivity contribution < 1.29 is 23.5 Å². The molecule has 234 valence electrons. The zero-order valence-corrected chi connectivity index (χ0v) is 25.3. The number of aryl methyl sites for hydroxylation is 1. The summed E-state index contributed by atoms with van der Waals surface area (Å²) in [6, 6.07) is 2.06. The van der Waals surface area contributed by atoms with E-state index in [0.29, 0.717) is 44.0 Å². The number of aliphatic hydroxyl groups is 1. The number of nitrogens with two attached hydrogens (primary N) is 1. The van der Waals surface area contributed by atoms with Crippen LogP contribution in [0.3, 0.4) is 0 Å². The number of nitriles is 1. The average Bonchev–Trinajstić information content (AvgIpc) is 3.57. The fraction of sp³-hybridized carbons (Fsp3) is 0.621. The van der Waals surface area contributed by atoms with E-state index in [1.54, 1.807) is 18.0 Å². The van der Waals surface area contributed by atoms with Crippen molar-refractivity contribution in [3.63, 3.8) is 0 Å². The summed E-state index contributed by atoms with van der Waals surface area (Å²) >= 11 is 0. The number of hydrogen-bond acceptors (Lipinski definition) is 14. The smallest absolute Gasteiger partial charge is 0.322 e. The Morgan fingerprint density at radius 3 is 2.82 bits per heavy atom. The number of β-amino-alcohol motifs (C(OH)–C–C–N with tert-alkyl or cyclic N) is 1. The molecule has 0 spiro atoms. The molecule has 3 aromatic rings. The first-order chi connectivity index (χ1) is 21.0. The third-order valence-corrected chi connectivity index (χ3v) is 8.79. The molecule has 0 amide bonds. The zero-order chi connectivity index (χ0) is 31.2. The minimum atomic E-state index is -1.14. The SMILES string of the molecule is C[C@H](Oc1nc(-c2noc([C@@]3(C)CCCc4cnc(N)c(C#N)c43)n2)nc(N2CCOC[C@](C)(O)C2)n1)[C@@H]1C[C@@H](F)CN1C. The first-order valence-corrected chi connectivity index (χ1v) is 14.8. The number of rotatable bonds is 6. The van der Waals surface area contributed by atoms with Crippen molar-refractivity contribution in [3.05, 3.63) is 28.8 Å². The summed E-state index contributed by atoms with van der Waals surface area (Å²) in [7, 11) is 1.86. The van der Waals surface area contributed by atoms with Gasteiger partial charge in [0.05, 0.1) is 30.7 Å². The van der Waals surface area contributed by atoms with Crippen LogP contribution >= 0.6 is 0 Å². The average molecular weight is 609 g/mol. The van der Waals surface area contributed by atoms with Gasteiger partial charge in [-0.05, 0) is 64.6 Å².